The minimum atomic E-state index is -0.0557. The van der Waals surface area contributed by atoms with E-state index in [-0.39, 0.29) is 11.3 Å². The molecule has 1 amide bonds. The first kappa shape index (κ1) is 16.0. The third-order valence-corrected chi connectivity index (χ3v) is 5.81. The van der Waals surface area contributed by atoms with Gasteiger partial charge in [0, 0.05) is 6.54 Å². The maximum absolute atomic E-state index is 12.7. The van der Waals surface area contributed by atoms with E-state index in [4.69, 9.17) is 0 Å². The number of carbonyl (C=O) groups is 1. The van der Waals surface area contributed by atoms with Crippen LogP contribution in [-0.4, -0.2) is 32.7 Å². The molecule has 3 aromatic rings. The lowest BCUT2D eigenvalue weighted by Crippen LogP contribution is -2.43. The van der Waals surface area contributed by atoms with Gasteiger partial charge in [0.15, 0.2) is 0 Å². The molecule has 4 rings (SSSR count). The van der Waals surface area contributed by atoms with E-state index in [1.54, 1.807) is 0 Å². The molecule has 2 aromatic heterocycles. The van der Waals surface area contributed by atoms with E-state index >= 15 is 0 Å². The van der Waals surface area contributed by atoms with Crippen LogP contribution < -0.4 is 5.32 Å². The van der Waals surface area contributed by atoms with Crippen LogP contribution in [0.1, 0.15) is 34.5 Å². The van der Waals surface area contributed by atoms with Gasteiger partial charge in [0.25, 0.3) is 5.91 Å². The Hall–Kier alpha value is -2.54. The van der Waals surface area contributed by atoms with Crippen molar-refractivity contribution in [2.24, 2.45) is 5.41 Å². The lowest BCUT2D eigenvalue weighted by atomic mass is 9.65. The number of benzene rings is 1. The second-order valence-electron chi connectivity index (χ2n) is 6.59. The summed E-state index contributed by atoms with van der Waals surface area (Å²) in [6.45, 7) is 0.702. The van der Waals surface area contributed by atoms with Gasteiger partial charge in [-0.15, -0.1) is 16.4 Å². The Bertz CT molecular complexity index is 840. The molecule has 128 valence electrons. The van der Waals surface area contributed by atoms with Crippen LogP contribution in [0.2, 0.25) is 0 Å². The van der Waals surface area contributed by atoms with Gasteiger partial charge in [-0.3, -0.25) is 4.79 Å². The van der Waals surface area contributed by atoms with Gasteiger partial charge in [-0.1, -0.05) is 36.8 Å². The number of nitrogens with one attached hydrogen (secondary N) is 1. The predicted octanol–water partition coefficient (Wildman–Crippen LogP) is 2.87. The molecule has 1 fully saturated rings. The molecule has 0 unspecified atom stereocenters. The molecule has 0 aliphatic heterocycles. The monoisotopic (exact) mass is 353 g/mol. The number of thiophene rings is 1. The van der Waals surface area contributed by atoms with Crippen LogP contribution in [0.25, 0.3) is 5.69 Å². The first-order chi connectivity index (χ1) is 12.3. The quantitative estimate of drug-likeness (QED) is 0.739. The molecule has 0 atom stereocenters. The number of tetrazole rings is 1. The molecule has 1 aromatic carbocycles. The average Bonchev–Trinajstić information content (AvgIpc) is 3.28. The topological polar surface area (TPSA) is 72.7 Å². The molecule has 1 aliphatic carbocycles. The number of rotatable bonds is 6. The summed E-state index contributed by atoms with van der Waals surface area (Å²) >= 11 is 1.41. The molecule has 7 heteroatoms. The number of aromatic nitrogens is 4. The van der Waals surface area contributed by atoms with E-state index in [2.05, 4.69) is 45.1 Å². The summed E-state index contributed by atoms with van der Waals surface area (Å²) in [6, 6.07) is 12.4. The minimum absolute atomic E-state index is 0.0557. The Balaban J connectivity index is 1.44. The smallest absolute Gasteiger partial charge is 0.263 e. The standard InChI is InChI=1S/C18H19N5OS/c24-17(16-15(7-10-25-16)23-13-20-21-22-23)19-12-18(8-4-9-18)11-14-5-2-1-3-6-14/h1-3,5-7,10,13H,4,8-9,11-12H2,(H,19,24). The van der Waals surface area contributed by atoms with E-state index in [1.165, 1.54) is 34.3 Å². The van der Waals surface area contributed by atoms with Gasteiger partial charge in [-0.05, 0) is 52.1 Å². The van der Waals surface area contributed by atoms with Crippen LogP contribution in [0.4, 0.5) is 0 Å². The van der Waals surface area contributed by atoms with E-state index in [0.29, 0.717) is 11.4 Å². The summed E-state index contributed by atoms with van der Waals surface area (Å²) in [5.74, 6) is -0.0557. The number of hydrogen-bond acceptors (Lipinski definition) is 5. The van der Waals surface area contributed by atoms with Gasteiger partial charge < -0.3 is 5.32 Å². The van der Waals surface area contributed by atoms with Crippen molar-refractivity contribution in [3.8, 4) is 5.69 Å². The number of carbonyl (C=O) groups excluding carboxylic acids is 1. The molecular formula is C18H19N5OS. The van der Waals surface area contributed by atoms with Crippen molar-refractivity contribution in [2.75, 3.05) is 6.54 Å². The highest BCUT2D eigenvalue weighted by molar-refractivity contribution is 7.12. The second kappa shape index (κ2) is 6.76. The van der Waals surface area contributed by atoms with Crippen LogP contribution in [-0.2, 0) is 6.42 Å². The van der Waals surface area contributed by atoms with E-state index in [9.17, 15) is 4.79 Å². The van der Waals surface area contributed by atoms with Crippen molar-refractivity contribution in [3.63, 3.8) is 0 Å². The number of nitrogens with zero attached hydrogens (tertiary/aromatic N) is 4. The second-order valence-corrected chi connectivity index (χ2v) is 7.50. The third kappa shape index (κ3) is 3.32. The van der Waals surface area contributed by atoms with E-state index in [0.717, 1.165) is 24.9 Å². The van der Waals surface area contributed by atoms with Crippen LogP contribution in [0, 0.1) is 5.41 Å². The molecule has 1 aliphatic rings. The molecule has 0 saturated heterocycles. The fourth-order valence-corrected chi connectivity index (χ4v) is 4.19. The summed E-state index contributed by atoms with van der Waals surface area (Å²) in [7, 11) is 0. The predicted molar refractivity (Wildman–Crippen MR) is 95.8 cm³/mol. The Morgan fingerprint density at radius 1 is 1.24 bits per heavy atom. The van der Waals surface area contributed by atoms with Gasteiger partial charge in [-0.2, -0.15) is 4.68 Å². The van der Waals surface area contributed by atoms with Gasteiger partial charge >= 0.3 is 0 Å². The highest BCUT2D eigenvalue weighted by Crippen LogP contribution is 2.43. The van der Waals surface area contributed by atoms with Crippen molar-refractivity contribution in [1.82, 2.24) is 25.5 Å². The zero-order chi connectivity index (χ0) is 17.1. The maximum atomic E-state index is 12.7. The molecule has 0 radical (unpaired) electrons. The largest absolute Gasteiger partial charge is 0.351 e. The summed E-state index contributed by atoms with van der Waals surface area (Å²) in [5.41, 5.74) is 2.24. The van der Waals surface area contributed by atoms with Crippen LogP contribution in [0.5, 0.6) is 0 Å². The van der Waals surface area contributed by atoms with Crippen molar-refractivity contribution < 1.29 is 4.79 Å². The summed E-state index contributed by atoms with van der Waals surface area (Å²) in [5, 5.41) is 16.2. The van der Waals surface area contributed by atoms with E-state index in [1.807, 2.05) is 17.5 Å². The van der Waals surface area contributed by atoms with Crippen molar-refractivity contribution in [1.29, 1.82) is 0 Å². The third-order valence-electron chi connectivity index (χ3n) is 4.91. The highest BCUT2D eigenvalue weighted by atomic mass is 32.1. The molecule has 6 nitrogen and oxygen atoms in total. The SMILES string of the molecule is O=C(NCC1(Cc2ccccc2)CCC1)c1sccc1-n1cnnn1. The van der Waals surface area contributed by atoms with Crippen LogP contribution in [0.3, 0.4) is 0 Å². The summed E-state index contributed by atoms with van der Waals surface area (Å²) in [4.78, 5) is 13.3. The van der Waals surface area contributed by atoms with Gasteiger partial charge in [-0.25, -0.2) is 0 Å². The molecule has 1 N–H and O–H groups in total. The Morgan fingerprint density at radius 3 is 2.76 bits per heavy atom. The fourth-order valence-electron chi connectivity index (χ4n) is 3.39. The van der Waals surface area contributed by atoms with Crippen molar-refractivity contribution in [2.45, 2.75) is 25.7 Å². The molecule has 0 bridgehead atoms. The zero-order valence-corrected chi connectivity index (χ0v) is 14.6. The molecule has 0 spiro atoms. The summed E-state index contributed by atoms with van der Waals surface area (Å²) in [6.07, 6.45) is 6.07. The molecule has 25 heavy (non-hydrogen) atoms. The molecular weight excluding hydrogens is 334 g/mol. The molecule has 1 saturated carbocycles. The van der Waals surface area contributed by atoms with Gasteiger partial charge in [0.2, 0.25) is 0 Å². The first-order valence-corrected chi connectivity index (χ1v) is 9.27. The van der Waals surface area contributed by atoms with Crippen LogP contribution >= 0.6 is 11.3 Å². The van der Waals surface area contributed by atoms with E-state index < -0.39 is 0 Å². The van der Waals surface area contributed by atoms with Crippen LogP contribution in [0.15, 0.2) is 48.1 Å². The Morgan fingerprint density at radius 2 is 2.08 bits per heavy atom. The van der Waals surface area contributed by atoms with Crippen molar-refractivity contribution >= 4 is 17.2 Å². The zero-order valence-electron chi connectivity index (χ0n) is 13.8. The highest BCUT2D eigenvalue weighted by Gasteiger charge is 2.37. The average molecular weight is 353 g/mol. The lowest BCUT2D eigenvalue weighted by molar-refractivity contribution is 0.0863. The van der Waals surface area contributed by atoms with Gasteiger partial charge in [0.05, 0.1) is 5.69 Å². The maximum Gasteiger partial charge on any atom is 0.263 e. The summed E-state index contributed by atoms with van der Waals surface area (Å²) < 4.78 is 1.52. The number of hydrogen-bond donors (Lipinski definition) is 1. The minimum Gasteiger partial charge on any atom is -0.351 e. The normalized spacial score (nSPS) is 15.5. The number of amides is 1. The van der Waals surface area contributed by atoms with Crippen molar-refractivity contribution in [3.05, 3.63) is 58.5 Å². The van der Waals surface area contributed by atoms with Gasteiger partial charge in [0.1, 0.15) is 11.2 Å². The lowest BCUT2D eigenvalue weighted by Gasteiger charge is -2.42. The Labute approximate surface area is 149 Å². The first-order valence-electron chi connectivity index (χ1n) is 8.39. The Kier molecular flexibility index (Phi) is 4.31. The fraction of sp³-hybridized carbons (Fsp3) is 0.333. The molecule has 2 heterocycles.